The first kappa shape index (κ1) is 12.2. The number of nitrogens with one attached hydrogen (secondary N) is 1. The molecule has 4 nitrogen and oxygen atoms in total. The predicted octanol–water partition coefficient (Wildman–Crippen LogP) is 2.26. The first-order valence-electron chi connectivity index (χ1n) is 6.85. The van der Waals surface area contributed by atoms with E-state index in [1.54, 1.807) is 12.3 Å². The van der Waals surface area contributed by atoms with Crippen LogP contribution in [-0.2, 0) is 13.0 Å². The molecule has 1 aromatic heterocycles. The molecule has 0 saturated heterocycles. The van der Waals surface area contributed by atoms with Crippen LogP contribution < -0.4 is 5.32 Å². The van der Waals surface area contributed by atoms with Crippen LogP contribution in [0.4, 0.5) is 0 Å². The number of aromatic hydroxyl groups is 1. The summed E-state index contributed by atoms with van der Waals surface area (Å²) in [6.07, 6.45) is 7.20. The third-order valence-corrected chi connectivity index (χ3v) is 3.73. The molecule has 1 atom stereocenters. The number of phenols is 1. The van der Waals surface area contributed by atoms with Crippen LogP contribution in [0.3, 0.4) is 0 Å². The highest BCUT2D eigenvalue weighted by atomic mass is 16.3. The Kier molecular flexibility index (Phi) is 3.51. The van der Waals surface area contributed by atoms with E-state index in [2.05, 4.69) is 16.5 Å². The van der Waals surface area contributed by atoms with E-state index in [1.807, 2.05) is 23.0 Å². The van der Waals surface area contributed by atoms with Gasteiger partial charge in [0.15, 0.2) is 0 Å². The monoisotopic (exact) mass is 257 g/mol. The number of hydrogen-bond donors (Lipinski definition) is 2. The number of fused-ring (bicyclic) bond motifs is 1. The number of hydrogen-bond acceptors (Lipinski definition) is 3. The van der Waals surface area contributed by atoms with E-state index in [1.165, 1.54) is 17.5 Å². The van der Waals surface area contributed by atoms with Crippen LogP contribution in [0.5, 0.6) is 5.75 Å². The smallest absolute Gasteiger partial charge is 0.115 e. The Hall–Kier alpha value is -1.81. The van der Waals surface area contributed by atoms with Gasteiger partial charge in [-0.2, -0.15) is 5.10 Å². The van der Waals surface area contributed by atoms with Crippen molar-refractivity contribution in [1.82, 2.24) is 15.1 Å². The Labute approximate surface area is 113 Å². The summed E-state index contributed by atoms with van der Waals surface area (Å²) in [6.45, 7) is 1.80. The third-order valence-electron chi connectivity index (χ3n) is 3.73. The third kappa shape index (κ3) is 2.79. The molecule has 0 saturated carbocycles. The van der Waals surface area contributed by atoms with Crippen LogP contribution in [0.2, 0.25) is 0 Å². The molecule has 2 N–H and O–H groups in total. The summed E-state index contributed by atoms with van der Waals surface area (Å²) in [5.41, 5.74) is 2.62. The largest absolute Gasteiger partial charge is 0.508 e. The van der Waals surface area contributed by atoms with E-state index in [-0.39, 0.29) is 0 Å². The van der Waals surface area contributed by atoms with E-state index >= 15 is 0 Å². The lowest BCUT2D eigenvalue weighted by Crippen LogP contribution is -2.28. The molecular weight excluding hydrogens is 238 g/mol. The molecule has 1 aromatic carbocycles. The highest BCUT2D eigenvalue weighted by molar-refractivity contribution is 5.38. The van der Waals surface area contributed by atoms with Crippen molar-refractivity contribution in [2.45, 2.75) is 31.8 Å². The molecule has 1 heterocycles. The number of aromatic nitrogens is 2. The fourth-order valence-electron chi connectivity index (χ4n) is 2.80. The summed E-state index contributed by atoms with van der Waals surface area (Å²) >= 11 is 0. The molecule has 0 amide bonds. The zero-order valence-electron chi connectivity index (χ0n) is 10.9. The quantitative estimate of drug-likeness (QED) is 0.883. The van der Waals surface area contributed by atoms with Crippen molar-refractivity contribution in [3.05, 3.63) is 47.8 Å². The van der Waals surface area contributed by atoms with Gasteiger partial charge in [-0.1, -0.05) is 6.07 Å². The molecule has 1 aliphatic carbocycles. The maximum atomic E-state index is 9.54. The van der Waals surface area contributed by atoms with Crippen molar-refractivity contribution in [3.8, 4) is 5.75 Å². The van der Waals surface area contributed by atoms with Gasteiger partial charge < -0.3 is 10.4 Å². The number of aryl methyl sites for hydroxylation is 1. The molecule has 2 aromatic rings. The maximum Gasteiger partial charge on any atom is 0.115 e. The summed E-state index contributed by atoms with van der Waals surface area (Å²) in [4.78, 5) is 0. The van der Waals surface area contributed by atoms with Gasteiger partial charge in [0.1, 0.15) is 5.75 Å². The molecule has 1 aliphatic rings. The van der Waals surface area contributed by atoms with Crippen molar-refractivity contribution in [2.75, 3.05) is 6.54 Å². The normalized spacial score (nSPS) is 18.2. The number of phenolic OH excluding ortho intramolecular Hbond substituents is 1. The van der Waals surface area contributed by atoms with Gasteiger partial charge in [0.05, 0.1) is 6.54 Å². The van der Waals surface area contributed by atoms with Crippen LogP contribution in [0.25, 0.3) is 0 Å². The minimum absolute atomic E-state index is 0.371. The molecule has 1 unspecified atom stereocenters. The van der Waals surface area contributed by atoms with E-state index in [0.29, 0.717) is 11.8 Å². The van der Waals surface area contributed by atoms with Gasteiger partial charge in [-0.15, -0.1) is 0 Å². The van der Waals surface area contributed by atoms with Gasteiger partial charge in [-0.05, 0) is 48.6 Å². The molecular formula is C15H19N3O. The summed E-state index contributed by atoms with van der Waals surface area (Å²) in [6, 6.07) is 8.08. The minimum atomic E-state index is 0.371. The lowest BCUT2D eigenvalue weighted by molar-refractivity contribution is 0.433. The summed E-state index contributed by atoms with van der Waals surface area (Å²) in [7, 11) is 0. The van der Waals surface area contributed by atoms with E-state index in [4.69, 9.17) is 0 Å². The van der Waals surface area contributed by atoms with Crippen molar-refractivity contribution in [1.29, 1.82) is 0 Å². The molecule has 0 radical (unpaired) electrons. The minimum Gasteiger partial charge on any atom is -0.508 e. The first-order valence-corrected chi connectivity index (χ1v) is 6.85. The maximum absolute atomic E-state index is 9.54. The Morgan fingerprint density at radius 2 is 2.37 bits per heavy atom. The van der Waals surface area contributed by atoms with Crippen LogP contribution in [-0.4, -0.2) is 21.4 Å². The van der Waals surface area contributed by atoms with Crippen LogP contribution >= 0.6 is 0 Å². The molecule has 3 rings (SSSR count). The Balaban J connectivity index is 1.63. The second-order valence-corrected chi connectivity index (χ2v) is 5.05. The Morgan fingerprint density at radius 3 is 3.21 bits per heavy atom. The topological polar surface area (TPSA) is 50.1 Å². The summed E-state index contributed by atoms with van der Waals surface area (Å²) in [5.74, 6) is 0.371. The zero-order valence-corrected chi connectivity index (χ0v) is 10.9. The summed E-state index contributed by atoms with van der Waals surface area (Å²) in [5, 5.41) is 17.3. The second kappa shape index (κ2) is 5.45. The SMILES string of the molecule is Oc1ccc2c(c1)CCCC2NCCn1cccn1. The summed E-state index contributed by atoms with van der Waals surface area (Å²) < 4.78 is 1.94. The molecule has 4 heteroatoms. The number of benzene rings is 1. The highest BCUT2D eigenvalue weighted by Crippen LogP contribution is 2.31. The predicted molar refractivity (Wildman–Crippen MR) is 74.0 cm³/mol. The second-order valence-electron chi connectivity index (χ2n) is 5.05. The van der Waals surface area contributed by atoms with Gasteiger partial charge in [0.25, 0.3) is 0 Å². The van der Waals surface area contributed by atoms with Crippen LogP contribution in [0.1, 0.15) is 30.0 Å². The van der Waals surface area contributed by atoms with Crippen molar-refractivity contribution in [3.63, 3.8) is 0 Å². The van der Waals surface area contributed by atoms with Gasteiger partial charge in [-0.3, -0.25) is 4.68 Å². The fourth-order valence-corrected chi connectivity index (χ4v) is 2.80. The van der Waals surface area contributed by atoms with Crippen LogP contribution in [0, 0.1) is 0 Å². The lowest BCUT2D eigenvalue weighted by Gasteiger charge is -2.26. The van der Waals surface area contributed by atoms with Gasteiger partial charge in [0.2, 0.25) is 0 Å². The van der Waals surface area contributed by atoms with Gasteiger partial charge >= 0.3 is 0 Å². The molecule has 100 valence electrons. The van der Waals surface area contributed by atoms with E-state index in [0.717, 1.165) is 25.9 Å². The standard InChI is InChI=1S/C15H19N3O/c19-13-5-6-14-12(11-13)3-1-4-15(14)16-8-10-18-9-2-7-17-18/h2,5-7,9,11,15-16,19H,1,3-4,8,10H2. The molecule has 19 heavy (non-hydrogen) atoms. The molecule has 0 spiro atoms. The number of nitrogens with zero attached hydrogens (tertiary/aromatic N) is 2. The average molecular weight is 257 g/mol. The van der Waals surface area contributed by atoms with Crippen LogP contribution in [0.15, 0.2) is 36.7 Å². The Morgan fingerprint density at radius 1 is 1.42 bits per heavy atom. The lowest BCUT2D eigenvalue weighted by atomic mass is 9.87. The van der Waals surface area contributed by atoms with Crippen molar-refractivity contribution < 1.29 is 5.11 Å². The van der Waals surface area contributed by atoms with Crippen molar-refractivity contribution >= 4 is 0 Å². The van der Waals surface area contributed by atoms with E-state index < -0.39 is 0 Å². The zero-order chi connectivity index (χ0) is 13.1. The number of rotatable bonds is 4. The molecule has 0 fully saturated rings. The molecule has 0 bridgehead atoms. The van der Waals surface area contributed by atoms with Crippen molar-refractivity contribution in [2.24, 2.45) is 0 Å². The fraction of sp³-hybridized carbons (Fsp3) is 0.400. The average Bonchev–Trinajstić information content (AvgIpc) is 2.92. The first-order chi connectivity index (χ1) is 9.33. The Bertz CT molecular complexity index is 536. The van der Waals surface area contributed by atoms with Gasteiger partial charge in [0, 0.05) is 25.0 Å². The molecule has 0 aliphatic heterocycles. The van der Waals surface area contributed by atoms with Gasteiger partial charge in [-0.25, -0.2) is 0 Å². The van der Waals surface area contributed by atoms with E-state index in [9.17, 15) is 5.11 Å². The highest BCUT2D eigenvalue weighted by Gasteiger charge is 2.19.